The number of hydrogen-bond acceptors (Lipinski definition) is 6. The van der Waals surface area contributed by atoms with Gasteiger partial charge in [-0.2, -0.15) is 5.10 Å². The maximum Gasteiger partial charge on any atom is 0.269 e. The second kappa shape index (κ2) is 8.09. The highest BCUT2D eigenvalue weighted by Gasteiger charge is 2.11. The van der Waals surface area contributed by atoms with Crippen LogP contribution in [0.4, 0.5) is 5.69 Å². The summed E-state index contributed by atoms with van der Waals surface area (Å²) >= 11 is 0. The van der Waals surface area contributed by atoms with Gasteiger partial charge in [0.05, 0.1) is 16.7 Å². The van der Waals surface area contributed by atoms with Crippen molar-refractivity contribution >= 4 is 11.6 Å². The summed E-state index contributed by atoms with van der Waals surface area (Å²) in [7, 11) is 0. The molecular weight excluding hydrogens is 350 g/mol. The Morgan fingerprint density at radius 1 is 1.22 bits per heavy atom. The lowest BCUT2D eigenvalue weighted by Crippen LogP contribution is -2.31. The molecule has 0 saturated carbocycles. The molecule has 138 valence electrons. The van der Waals surface area contributed by atoms with E-state index < -0.39 is 4.92 Å². The van der Waals surface area contributed by atoms with Crippen molar-refractivity contribution in [3.05, 3.63) is 76.9 Å². The Morgan fingerprint density at radius 3 is 2.52 bits per heavy atom. The minimum absolute atomic E-state index is 0.0326. The van der Waals surface area contributed by atoms with Crippen molar-refractivity contribution in [2.75, 3.05) is 6.61 Å². The van der Waals surface area contributed by atoms with Crippen molar-refractivity contribution in [1.29, 1.82) is 0 Å². The maximum absolute atomic E-state index is 12.1. The van der Waals surface area contributed by atoms with Crippen molar-refractivity contribution < 1.29 is 14.5 Å². The van der Waals surface area contributed by atoms with Crippen molar-refractivity contribution in [3.8, 4) is 11.4 Å². The molecule has 3 aromatic rings. The number of nitrogens with one attached hydrogen (secondary N) is 1. The number of amides is 1. The normalized spacial score (nSPS) is 11.6. The quantitative estimate of drug-likeness (QED) is 0.507. The zero-order valence-corrected chi connectivity index (χ0v) is 14.5. The molecule has 2 aromatic carbocycles. The first kappa shape index (κ1) is 18.1. The number of ether oxygens (including phenoxy) is 1. The fraction of sp³-hybridized carbons (Fsp3) is 0.167. The molecule has 0 spiro atoms. The summed E-state index contributed by atoms with van der Waals surface area (Å²) in [6.45, 7) is 1.69. The number of non-ortho nitro benzene ring substituents is 1. The molecule has 0 aliphatic heterocycles. The molecule has 0 aliphatic carbocycles. The Kier molecular flexibility index (Phi) is 5.41. The molecule has 9 nitrogen and oxygen atoms in total. The van der Waals surface area contributed by atoms with Gasteiger partial charge >= 0.3 is 0 Å². The van der Waals surface area contributed by atoms with Gasteiger partial charge in [-0.25, -0.2) is 9.67 Å². The van der Waals surface area contributed by atoms with E-state index in [0.717, 1.165) is 11.3 Å². The zero-order chi connectivity index (χ0) is 19.2. The number of hydrogen-bond donors (Lipinski definition) is 1. The predicted molar refractivity (Wildman–Crippen MR) is 96.5 cm³/mol. The minimum Gasteiger partial charge on any atom is -0.484 e. The Bertz CT molecular complexity index is 908. The van der Waals surface area contributed by atoms with Crippen molar-refractivity contribution in [1.82, 2.24) is 20.1 Å². The predicted octanol–water partition coefficient (Wildman–Crippen LogP) is 2.43. The van der Waals surface area contributed by atoms with Crippen LogP contribution >= 0.6 is 0 Å². The molecule has 1 aromatic heterocycles. The van der Waals surface area contributed by atoms with Crippen LogP contribution in [0.5, 0.6) is 5.75 Å². The smallest absolute Gasteiger partial charge is 0.269 e. The molecule has 27 heavy (non-hydrogen) atoms. The van der Waals surface area contributed by atoms with Gasteiger partial charge in [0.2, 0.25) is 0 Å². The minimum atomic E-state index is -0.494. The second-order valence-electron chi connectivity index (χ2n) is 5.76. The van der Waals surface area contributed by atoms with Gasteiger partial charge in [0.1, 0.15) is 18.4 Å². The molecule has 3 rings (SSSR count). The average Bonchev–Trinajstić information content (AvgIpc) is 3.21. The molecule has 1 amide bonds. The molecule has 0 radical (unpaired) electrons. The number of carbonyl (C=O) groups excluding carboxylic acids is 1. The van der Waals surface area contributed by atoms with E-state index in [2.05, 4.69) is 15.4 Å². The monoisotopic (exact) mass is 367 g/mol. The number of nitrogens with zero attached hydrogens (tertiary/aromatic N) is 4. The number of nitro groups is 1. The van der Waals surface area contributed by atoms with E-state index in [9.17, 15) is 14.9 Å². The third kappa shape index (κ3) is 4.66. The fourth-order valence-corrected chi connectivity index (χ4v) is 2.44. The van der Waals surface area contributed by atoms with Gasteiger partial charge in [0.15, 0.2) is 6.61 Å². The Labute approximate surface area is 154 Å². The van der Waals surface area contributed by atoms with Gasteiger partial charge in [-0.3, -0.25) is 14.9 Å². The highest BCUT2D eigenvalue weighted by Crippen LogP contribution is 2.18. The second-order valence-corrected chi connectivity index (χ2v) is 5.76. The number of aromatic nitrogens is 3. The molecular formula is C18H17N5O4. The SMILES string of the molecule is CC(NC(=O)COc1ccc([N+](=O)[O-])cc1)c1ccc(-n2cncn2)cc1. The molecule has 1 heterocycles. The van der Waals surface area contributed by atoms with E-state index >= 15 is 0 Å². The first-order valence-electron chi connectivity index (χ1n) is 8.14. The van der Waals surface area contributed by atoms with Gasteiger partial charge < -0.3 is 10.1 Å². The average molecular weight is 367 g/mol. The number of rotatable bonds is 7. The van der Waals surface area contributed by atoms with Crippen molar-refractivity contribution in [2.24, 2.45) is 0 Å². The van der Waals surface area contributed by atoms with Crippen LogP contribution in [-0.4, -0.2) is 32.2 Å². The van der Waals surface area contributed by atoms with Crippen LogP contribution in [0.25, 0.3) is 5.69 Å². The third-order valence-corrected chi connectivity index (χ3v) is 3.87. The summed E-state index contributed by atoms with van der Waals surface area (Å²) in [4.78, 5) is 26.1. The van der Waals surface area contributed by atoms with Gasteiger partial charge in [-0.05, 0) is 36.8 Å². The van der Waals surface area contributed by atoms with E-state index in [1.165, 1.54) is 30.6 Å². The molecule has 1 N–H and O–H groups in total. The van der Waals surface area contributed by atoms with Crippen LogP contribution in [0.1, 0.15) is 18.5 Å². The summed E-state index contributed by atoms with van der Waals surface area (Å²) in [6, 6.07) is 12.9. The highest BCUT2D eigenvalue weighted by molar-refractivity contribution is 5.78. The van der Waals surface area contributed by atoms with Crippen LogP contribution in [0.2, 0.25) is 0 Å². The van der Waals surface area contributed by atoms with Gasteiger partial charge in [-0.15, -0.1) is 0 Å². The van der Waals surface area contributed by atoms with Gasteiger partial charge in [0, 0.05) is 12.1 Å². The summed E-state index contributed by atoms with van der Waals surface area (Å²) in [6.07, 6.45) is 3.07. The summed E-state index contributed by atoms with van der Waals surface area (Å²) in [5.41, 5.74) is 1.77. The molecule has 9 heteroatoms. The number of carbonyl (C=O) groups is 1. The molecule has 0 bridgehead atoms. The lowest BCUT2D eigenvalue weighted by molar-refractivity contribution is -0.384. The first-order valence-corrected chi connectivity index (χ1v) is 8.14. The lowest BCUT2D eigenvalue weighted by Gasteiger charge is -2.15. The fourth-order valence-electron chi connectivity index (χ4n) is 2.44. The molecule has 0 aliphatic rings. The maximum atomic E-state index is 12.1. The first-order chi connectivity index (χ1) is 13.0. The Morgan fingerprint density at radius 2 is 1.93 bits per heavy atom. The van der Waals surface area contributed by atoms with E-state index in [1.807, 2.05) is 31.2 Å². The van der Waals surface area contributed by atoms with Gasteiger partial charge in [0.25, 0.3) is 11.6 Å². The van der Waals surface area contributed by atoms with Crippen LogP contribution in [0.15, 0.2) is 61.2 Å². The molecule has 1 atom stereocenters. The zero-order valence-electron chi connectivity index (χ0n) is 14.5. The molecule has 0 saturated heterocycles. The van der Waals surface area contributed by atoms with Crippen molar-refractivity contribution in [3.63, 3.8) is 0 Å². The van der Waals surface area contributed by atoms with E-state index in [4.69, 9.17) is 4.74 Å². The largest absolute Gasteiger partial charge is 0.484 e. The van der Waals surface area contributed by atoms with Crippen LogP contribution in [0.3, 0.4) is 0 Å². The van der Waals surface area contributed by atoms with Gasteiger partial charge in [-0.1, -0.05) is 12.1 Å². The summed E-state index contributed by atoms with van der Waals surface area (Å²) in [5, 5.41) is 17.5. The lowest BCUT2D eigenvalue weighted by atomic mass is 10.1. The molecule has 0 fully saturated rings. The number of nitro benzene ring substituents is 1. The van der Waals surface area contributed by atoms with E-state index in [0.29, 0.717) is 5.75 Å². The van der Waals surface area contributed by atoms with Crippen LogP contribution < -0.4 is 10.1 Å². The van der Waals surface area contributed by atoms with E-state index in [-0.39, 0.29) is 24.2 Å². The highest BCUT2D eigenvalue weighted by atomic mass is 16.6. The third-order valence-electron chi connectivity index (χ3n) is 3.87. The Balaban J connectivity index is 1.52. The van der Waals surface area contributed by atoms with Crippen LogP contribution in [-0.2, 0) is 4.79 Å². The summed E-state index contributed by atoms with van der Waals surface area (Å²) in [5.74, 6) is 0.0989. The summed E-state index contributed by atoms with van der Waals surface area (Å²) < 4.78 is 7.00. The Hall–Kier alpha value is -3.75. The van der Waals surface area contributed by atoms with Crippen molar-refractivity contribution in [2.45, 2.75) is 13.0 Å². The van der Waals surface area contributed by atoms with E-state index in [1.54, 1.807) is 11.0 Å². The topological polar surface area (TPSA) is 112 Å². The van der Waals surface area contributed by atoms with Crippen LogP contribution in [0, 0.1) is 10.1 Å². The molecule has 1 unspecified atom stereocenters. The standard InChI is InChI=1S/C18H17N5O4/c1-13(14-2-4-15(5-3-14)22-12-19-11-20-22)21-18(24)10-27-17-8-6-16(7-9-17)23(25)26/h2-9,11-13H,10H2,1H3,(H,21,24). The number of benzene rings is 2.